The van der Waals surface area contributed by atoms with E-state index < -0.39 is 5.09 Å². The van der Waals surface area contributed by atoms with Crippen molar-refractivity contribution in [2.24, 2.45) is 14.1 Å². The smallest absolute Gasteiger partial charge is 0.383 e. The van der Waals surface area contributed by atoms with Crippen LogP contribution in [0.5, 0.6) is 0 Å². The van der Waals surface area contributed by atoms with Crippen LogP contribution in [0.1, 0.15) is 0 Å². The molecule has 0 amide bonds. The summed E-state index contributed by atoms with van der Waals surface area (Å²) in [6.07, 6.45) is 7.13. The summed E-state index contributed by atoms with van der Waals surface area (Å²) in [5.41, 5.74) is 13.5. The van der Waals surface area contributed by atoms with Crippen LogP contribution < -0.4 is 11.5 Å². The molecular weight excluding hydrogens is 554 g/mol. The van der Waals surface area contributed by atoms with Gasteiger partial charge in [0.25, 0.3) is 0 Å². The van der Waals surface area contributed by atoms with Gasteiger partial charge in [0.1, 0.15) is 11.6 Å². The monoisotopic (exact) mass is 575 g/mol. The van der Waals surface area contributed by atoms with Gasteiger partial charge in [-0.1, -0.05) is 24.3 Å². The Hall–Kier alpha value is -5.14. The van der Waals surface area contributed by atoms with Crippen LogP contribution in [0.3, 0.4) is 0 Å². The van der Waals surface area contributed by atoms with E-state index in [4.69, 9.17) is 26.8 Å². The van der Waals surface area contributed by atoms with Crippen molar-refractivity contribution in [1.82, 2.24) is 39.0 Å². The van der Waals surface area contributed by atoms with Crippen molar-refractivity contribution >= 4 is 33.4 Å². The first-order chi connectivity index (χ1) is 18.2. The molecule has 4 heterocycles. The number of imidazole rings is 2. The third-order valence-electron chi connectivity index (χ3n) is 5.31. The summed E-state index contributed by atoms with van der Waals surface area (Å²) >= 11 is 0. The third-order valence-corrected chi connectivity index (χ3v) is 5.31. The van der Waals surface area contributed by atoms with Crippen molar-refractivity contribution in [1.29, 1.82) is 0 Å². The van der Waals surface area contributed by atoms with E-state index in [9.17, 15) is 0 Å². The van der Waals surface area contributed by atoms with Gasteiger partial charge in [0.15, 0.2) is 23.3 Å². The number of para-hydroxylation sites is 2. The van der Waals surface area contributed by atoms with E-state index in [-0.39, 0.29) is 17.1 Å². The van der Waals surface area contributed by atoms with E-state index >= 15 is 0 Å². The zero-order chi connectivity index (χ0) is 27.2. The molecule has 0 fully saturated rings. The average molecular weight is 576 g/mol. The van der Waals surface area contributed by atoms with E-state index in [1.165, 1.54) is 0 Å². The second kappa shape index (κ2) is 12.4. The zero-order valence-corrected chi connectivity index (χ0v) is 21.6. The molecule has 14 nitrogen and oxygen atoms in total. The Morgan fingerprint density at radius 3 is 1.38 bits per heavy atom. The summed E-state index contributed by atoms with van der Waals surface area (Å²) in [6, 6.07) is 15.3. The van der Waals surface area contributed by atoms with Crippen molar-refractivity contribution in [3.63, 3.8) is 0 Å². The number of aromatic nitrogens is 8. The summed E-state index contributed by atoms with van der Waals surface area (Å²) in [4.78, 5) is 34.2. The molecule has 0 unspecified atom stereocenters. The first kappa shape index (κ1) is 28.4. The van der Waals surface area contributed by atoms with Crippen LogP contribution in [0.4, 0.5) is 11.6 Å². The summed E-state index contributed by atoms with van der Waals surface area (Å²) in [7, 11) is 3.80. The quantitative estimate of drug-likeness (QED) is 0.174. The predicted molar refractivity (Wildman–Crippen MR) is 143 cm³/mol. The fourth-order valence-corrected chi connectivity index (χ4v) is 3.56. The molecule has 15 heteroatoms. The molecule has 0 atom stereocenters. The van der Waals surface area contributed by atoms with Gasteiger partial charge in [0.05, 0.1) is 16.1 Å². The number of hydrogen-bond acceptors (Lipinski definition) is 11. The third kappa shape index (κ3) is 6.60. The van der Waals surface area contributed by atoms with E-state index in [0.29, 0.717) is 34.9 Å². The Bertz CT molecular complexity index is 1610. The van der Waals surface area contributed by atoms with Crippen LogP contribution in [0.25, 0.3) is 45.1 Å². The van der Waals surface area contributed by atoms with Gasteiger partial charge in [-0.2, -0.15) is 0 Å². The second-order valence-electron chi connectivity index (χ2n) is 7.85. The van der Waals surface area contributed by atoms with Crippen LogP contribution in [0, 0.1) is 15.3 Å². The molecule has 0 aliphatic carbocycles. The minimum Gasteiger partial charge on any atom is -0.383 e. The number of hydrogen-bond donors (Lipinski definition) is 2. The minimum atomic E-state index is -1.75. The number of benzene rings is 2. The van der Waals surface area contributed by atoms with Gasteiger partial charge < -0.3 is 35.9 Å². The maximum Gasteiger partial charge on any atom is 1.00 e. The molecule has 39 heavy (non-hydrogen) atoms. The summed E-state index contributed by atoms with van der Waals surface area (Å²) < 4.78 is 3.73. The molecule has 6 rings (SSSR count). The van der Waals surface area contributed by atoms with Crippen LogP contribution >= 0.6 is 0 Å². The van der Waals surface area contributed by atoms with Crippen LogP contribution in [0.2, 0.25) is 0 Å². The Morgan fingerprint density at radius 2 is 1.05 bits per heavy atom. The van der Waals surface area contributed by atoms with Gasteiger partial charge in [0.2, 0.25) is 0 Å². The average Bonchev–Trinajstić information content (AvgIpc) is 3.52. The van der Waals surface area contributed by atoms with Gasteiger partial charge in [-0.3, -0.25) is 0 Å². The largest absolute Gasteiger partial charge is 1.00 e. The number of rotatable bonds is 2. The Labute approximate surface area is 232 Å². The normalized spacial score (nSPS) is 10.1. The number of fused-ring (bicyclic) bond motifs is 2. The zero-order valence-electron chi connectivity index (χ0n) is 20.6. The number of nitrogens with zero attached hydrogens (tertiary/aromatic N) is 9. The van der Waals surface area contributed by atoms with Gasteiger partial charge in [-0.05, 0) is 24.3 Å². The fourth-order valence-electron chi connectivity index (χ4n) is 3.56. The molecule has 4 N–H and O–H groups in total. The molecule has 0 radical (unpaired) electrons. The molecule has 4 aromatic heterocycles. The molecule has 6 aromatic rings. The Morgan fingerprint density at radius 1 is 0.692 bits per heavy atom. The Balaban J connectivity index is 0.000000186. The summed E-state index contributed by atoms with van der Waals surface area (Å²) in [5.74, 6) is 3.48. The van der Waals surface area contributed by atoms with Gasteiger partial charge >= 0.3 is 17.1 Å². The minimum absolute atomic E-state index is 0. The van der Waals surface area contributed by atoms with E-state index in [2.05, 4.69) is 29.9 Å². The summed E-state index contributed by atoms with van der Waals surface area (Å²) in [5, 5.41) is 16.5. The van der Waals surface area contributed by atoms with E-state index in [1.54, 1.807) is 12.4 Å². The first-order valence-electron chi connectivity index (χ1n) is 11.1. The molecular formula is C24H22CuN11O3. The van der Waals surface area contributed by atoms with Crippen LogP contribution in [-0.2, 0) is 31.2 Å². The van der Waals surface area contributed by atoms with Crippen molar-refractivity contribution in [3.05, 3.63) is 88.6 Å². The maximum atomic E-state index is 8.25. The topological polar surface area (TPSA) is 205 Å². The molecule has 2 aromatic carbocycles. The van der Waals surface area contributed by atoms with Crippen molar-refractivity contribution in [2.75, 3.05) is 11.5 Å². The molecule has 202 valence electrons. The van der Waals surface area contributed by atoms with Gasteiger partial charge in [-0.15, -0.1) is 0 Å². The van der Waals surface area contributed by atoms with Crippen molar-refractivity contribution in [3.8, 4) is 23.3 Å². The second-order valence-corrected chi connectivity index (χ2v) is 7.85. The van der Waals surface area contributed by atoms with Crippen molar-refractivity contribution < 1.29 is 22.2 Å². The fraction of sp³-hybridized carbons (Fsp3) is 0.0833. The number of nitrogens with two attached hydrogens (primary N) is 2. The molecule has 0 saturated heterocycles. The molecule has 0 spiro atoms. The number of aryl methyl sites for hydroxylation is 2. The molecule has 0 aliphatic heterocycles. The standard InChI is InChI=1S/2C12H11N5.Cu.NO3/c2*1-17-7-6-14-12(17)11-15-9-5-3-2-4-8(9)10(13)16-11;;2-1(3)4/h2*2-7H,1H3,(H2,13,15,16);;/q;;+1;-1. The maximum absolute atomic E-state index is 8.25. The molecule has 0 bridgehead atoms. The van der Waals surface area contributed by atoms with Crippen molar-refractivity contribution in [2.45, 2.75) is 0 Å². The van der Waals surface area contributed by atoms with E-state index in [1.807, 2.05) is 84.2 Å². The van der Waals surface area contributed by atoms with E-state index in [0.717, 1.165) is 21.8 Å². The predicted octanol–water partition coefficient (Wildman–Crippen LogP) is 2.98. The van der Waals surface area contributed by atoms with Crippen LogP contribution in [-0.4, -0.2) is 44.1 Å². The van der Waals surface area contributed by atoms with Crippen LogP contribution in [0.15, 0.2) is 73.3 Å². The number of nitrogen functional groups attached to an aromatic ring is 2. The summed E-state index contributed by atoms with van der Waals surface area (Å²) in [6.45, 7) is 0. The first-order valence-corrected chi connectivity index (χ1v) is 11.1. The van der Waals surface area contributed by atoms with Gasteiger partial charge in [0, 0.05) is 49.7 Å². The SMILES string of the molecule is Cn1ccnc1-c1nc(N)c2ccccc2n1.Cn1ccnc1-c1nc(N)c2ccccc2n1.O=[N+]([O-])[O-].[Cu+]. The number of anilines is 2. The Kier molecular flexibility index (Phi) is 9.04. The van der Waals surface area contributed by atoms with Gasteiger partial charge in [-0.25, -0.2) is 29.9 Å². The molecule has 0 aliphatic rings. The molecule has 0 saturated carbocycles.